The molecule has 3 heteroatoms. The van der Waals surface area contributed by atoms with Gasteiger partial charge >= 0.3 is 0 Å². The Morgan fingerprint density at radius 3 is 2.71 bits per heavy atom. The van der Waals surface area contributed by atoms with Crippen LogP contribution in [0.4, 0.5) is 5.69 Å². The summed E-state index contributed by atoms with van der Waals surface area (Å²) in [7, 11) is 0. The molecule has 0 aromatic heterocycles. The Hall–Kier alpha value is -1.51. The maximum atomic E-state index is 12.0. The minimum Gasteiger partial charge on any atom is -0.399 e. The molecule has 92 valence electrons. The summed E-state index contributed by atoms with van der Waals surface area (Å²) in [4.78, 5) is 14.0. The van der Waals surface area contributed by atoms with E-state index in [0.717, 1.165) is 31.5 Å². The highest BCUT2D eigenvalue weighted by atomic mass is 16.2. The zero-order valence-corrected chi connectivity index (χ0v) is 10.4. The molecule has 1 fully saturated rings. The summed E-state index contributed by atoms with van der Waals surface area (Å²) in [6, 6.07) is 8.19. The molecular formula is C14H20N2O. The Morgan fingerprint density at radius 2 is 2.12 bits per heavy atom. The van der Waals surface area contributed by atoms with Gasteiger partial charge in [-0.1, -0.05) is 12.1 Å². The minimum atomic E-state index is 0.284. The smallest absolute Gasteiger partial charge is 0.223 e. The summed E-state index contributed by atoms with van der Waals surface area (Å²) in [5.41, 5.74) is 7.58. The van der Waals surface area contributed by atoms with Crippen molar-refractivity contribution in [3.8, 4) is 0 Å². The third-order valence-corrected chi connectivity index (χ3v) is 3.48. The third-order valence-electron chi connectivity index (χ3n) is 3.48. The van der Waals surface area contributed by atoms with Gasteiger partial charge in [-0.2, -0.15) is 0 Å². The van der Waals surface area contributed by atoms with E-state index in [0.29, 0.717) is 12.5 Å². The number of amides is 1. The van der Waals surface area contributed by atoms with Crippen molar-refractivity contribution in [2.45, 2.75) is 38.6 Å². The van der Waals surface area contributed by atoms with E-state index in [1.54, 1.807) is 0 Å². The maximum absolute atomic E-state index is 12.0. The molecule has 0 radical (unpaired) electrons. The highest BCUT2D eigenvalue weighted by Gasteiger charge is 2.24. The van der Waals surface area contributed by atoms with E-state index in [1.807, 2.05) is 29.2 Å². The zero-order chi connectivity index (χ0) is 12.3. The van der Waals surface area contributed by atoms with Gasteiger partial charge < -0.3 is 10.6 Å². The zero-order valence-electron chi connectivity index (χ0n) is 10.4. The molecule has 1 aliphatic rings. The van der Waals surface area contributed by atoms with Crippen molar-refractivity contribution < 1.29 is 4.79 Å². The van der Waals surface area contributed by atoms with E-state index >= 15 is 0 Å². The number of nitrogens with zero attached hydrogens (tertiary/aromatic N) is 1. The monoisotopic (exact) mass is 232 g/mol. The van der Waals surface area contributed by atoms with Gasteiger partial charge in [-0.3, -0.25) is 4.79 Å². The van der Waals surface area contributed by atoms with Gasteiger partial charge in [-0.25, -0.2) is 0 Å². The van der Waals surface area contributed by atoms with E-state index in [-0.39, 0.29) is 5.91 Å². The van der Waals surface area contributed by atoms with Gasteiger partial charge in [0.25, 0.3) is 0 Å². The van der Waals surface area contributed by atoms with Crippen molar-refractivity contribution in [3.05, 3.63) is 29.8 Å². The molecule has 1 aliphatic heterocycles. The van der Waals surface area contributed by atoms with Crippen LogP contribution in [0.25, 0.3) is 0 Å². The topological polar surface area (TPSA) is 46.3 Å². The Balaban J connectivity index is 1.85. The first kappa shape index (κ1) is 12.0. The average Bonchev–Trinajstić information content (AvgIpc) is 2.74. The number of hydrogen-bond acceptors (Lipinski definition) is 2. The summed E-state index contributed by atoms with van der Waals surface area (Å²) in [6.07, 6.45) is 3.71. The fourth-order valence-corrected chi connectivity index (χ4v) is 2.38. The van der Waals surface area contributed by atoms with Gasteiger partial charge in [-0.05, 0) is 43.9 Å². The number of likely N-dealkylation sites (tertiary alicyclic amines) is 1. The highest BCUT2D eigenvalue weighted by Crippen LogP contribution is 2.18. The van der Waals surface area contributed by atoms with Crippen LogP contribution in [0.3, 0.4) is 0 Å². The molecular weight excluding hydrogens is 212 g/mol. The predicted octanol–water partition coefficient (Wildman–Crippen LogP) is 2.21. The number of benzene rings is 1. The summed E-state index contributed by atoms with van der Waals surface area (Å²) in [5, 5.41) is 0. The molecule has 0 aliphatic carbocycles. The summed E-state index contributed by atoms with van der Waals surface area (Å²) in [5.74, 6) is 0.284. The first-order valence-electron chi connectivity index (χ1n) is 6.30. The normalized spacial score (nSPS) is 19.6. The molecule has 1 unspecified atom stereocenters. The predicted molar refractivity (Wildman–Crippen MR) is 69.6 cm³/mol. The number of anilines is 1. The fraction of sp³-hybridized carbons (Fsp3) is 0.500. The molecule has 0 spiro atoms. The number of hydrogen-bond donors (Lipinski definition) is 1. The minimum absolute atomic E-state index is 0.284. The molecule has 0 bridgehead atoms. The van der Waals surface area contributed by atoms with Crippen LogP contribution in [-0.4, -0.2) is 23.4 Å². The summed E-state index contributed by atoms with van der Waals surface area (Å²) >= 11 is 0. The molecule has 1 heterocycles. The number of carbonyl (C=O) groups excluding carboxylic acids is 1. The van der Waals surface area contributed by atoms with Gasteiger partial charge in [0.15, 0.2) is 0 Å². The van der Waals surface area contributed by atoms with E-state index < -0.39 is 0 Å². The van der Waals surface area contributed by atoms with Gasteiger partial charge in [0.05, 0.1) is 0 Å². The van der Waals surface area contributed by atoms with Crippen molar-refractivity contribution in [1.82, 2.24) is 4.90 Å². The first-order valence-corrected chi connectivity index (χ1v) is 6.30. The Morgan fingerprint density at radius 1 is 1.41 bits per heavy atom. The first-order chi connectivity index (χ1) is 8.16. The SMILES string of the molecule is CC1CCCN1C(=O)CCc1ccc(N)cc1. The standard InChI is InChI=1S/C14H20N2O/c1-11-3-2-10-16(11)14(17)9-6-12-4-7-13(15)8-5-12/h4-5,7-8,11H,2-3,6,9-10,15H2,1H3. The largest absolute Gasteiger partial charge is 0.399 e. The molecule has 2 N–H and O–H groups in total. The maximum Gasteiger partial charge on any atom is 0.223 e. The summed E-state index contributed by atoms with van der Waals surface area (Å²) < 4.78 is 0. The van der Waals surface area contributed by atoms with E-state index in [4.69, 9.17) is 5.73 Å². The van der Waals surface area contributed by atoms with Gasteiger partial charge in [0.2, 0.25) is 5.91 Å². The number of nitrogens with two attached hydrogens (primary N) is 1. The van der Waals surface area contributed by atoms with Crippen LogP contribution in [0.2, 0.25) is 0 Å². The van der Waals surface area contributed by atoms with Crippen LogP contribution in [-0.2, 0) is 11.2 Å². The third kappa shape index (κ3) is 2.99. The second-order valence-electron chi connectivity index (χ2n) is 4.82. The van der Waals surface area contributed by atoms with Crippen molar-refractivity contribution in [3.63, 3.8) is 0 Å². The lowest BCUT2D eigenvalue weighted by atomic mass is 10.1. The van der Waals surface area contributed by atoms with Crippen LogP contribution in [0.5, 0.6) is 0 Å². The van der Waals surface area contributed by atoms with E-state index in [2.05, 4.69) is 6.92 Å². The molecule has 1 saturated heterocycles. The van der Waals surface area contributed by atoms with Gasteiger partial charge in [-0.15, -0.1) is 0 Å². The molecule has 2 rings (SSSR count). The quantitative estimate of drug-likeness (QED) is 0.812. The van der Waals surface area contributed by atoms with Crippen LogP contribution >= 0.6 is 0 Å². The number of nitrogen functional groups attached to an aromatic ring is 1. The Labute approximate surface area is 103 Å². The average molecular weight is 232 g/mol. The molecule has 1 aromatic carbocycles. The van der Waals surface area contributed by atoms with Gasteiger partial charge in [0.1, 0.15) is 0 Å². The summed E-state index contributed by atoms with van der Waals surface area (Å²) in [6.45, 7) is 3.07. The highest BCUT2D eigenvalue weighted by molar-refractivity contribution is 5.77. The van der Waals surface area contributed by atoms with Crippen molar-refractivity contribution >= 4 is 11.6 Å². The molecule has 1 aromatic rings. The number of carbonyl (C=O) groups is 1. The van der Waals surface area contributed by atoms with Crippen LogP contribution < -0.4 is 5.73 Å². The molecule has 3 nitrogen and oxygen atoms in total. The number of rotatable bonds is 3. The lowest BCUT2D eigenvalue weighted by Crippen LogP contribution is -2.33. The number of aryl methyl sites for hydroxylation is 1. The molecule has 17 heavy (non-hydrogen) atoms. The van der Waals surface area contributed by atoms with Crippen LogP contribution in [0, 0.1) is 0 Å². The molecule has 1 atom stereocenters. The second-order valence-corrected chi connectivity index (χ2v) is 4.82. The fourth-order valence-electron chi connectivity index (χ4n) is 2.38. The Bertz CT molecular complexity index is 386. The van der Waals surface area contributed by atoms with Crippen molar-refractivity contribution in [2.75, 3.05) is 12.3 Å². The molecule has 1 amide bonds. The lowest BCUT2D eigenvalue weighted by Gasteiger charge is -2.21. The molecule has 0 saturated carbocycles. The van der Waals surface area contributed by atoms with E-state index in [9.17, 15) is 4.79 Å². The Kier molecular flexibility index (Phi) is 3.67. The van der Waals surface area contributed by atoms with Crippen LogP contribution in [0.15, 0.2) is 24.3 Å². The van der Waals surface area contributed by atoms with Crippen LogP contribution in [0.1, 0.15) is 31.7 Å². The van der Waals surface area contributed by atoms with Crippen molar-refractivity contribution in [2.24, 2.45) is 0 Å². The van der Waals surface area contributed by atoms with Gasteiger partial charge in [0, 0.05) is 24.7 Å². The van der Waals surface area contributed by atoms with Crippen molar-refractivity contribution in [1.29, 1.82) is 0 Å². The van der Waals surface area contributed by atoms with E-state index in [1.165, 1.54) is 5.56 Å². The second kappa shape index (κ2) is 5.21. The lowest BCUT2D eigenvalue weighted by molar-refractivity contribution is -0.131.